The Bertz CT molecular complexity index is 420. The first-order chi connectivity index (χ1) is 8.84. The quantitative estimate of drug-likeness (QED) is 0.836. The summed E-state index contributed by atoms with van der Waals surface area (Å²) in [6.45, 7) is 2.63. The third kappa shape index (κ3) is 2.58. The summed E-state index contributed by atoms with van der Waals surface area (Å²) in [6, 6.07) is 4.03. The fourth-order valence-electron chi connectivity index (χ4n) is 2.37. The van der Waals surface area contributed by atoms with Crippen molar-refractivity contribution in [3.63, 3.8) is 0 Å². The second-order valence-electron chi connectivity index (χ2n) is 4.61. The second kappa shape index (κ2) is 5.63. The van der Waals surface area contributed by atoms with E-state index in [1.54, 1.807) is 11.3 Å². The minimum absolute atomic E-state index is 0.199. The van der Waals surface area contributed by atoms with E-state index in [-0.39, 0.29) is 12.0 Å². The normalized spacial score (nSPS) is 24.4. The Hall–Kier alpha value is -0.520. The molecule has 3 rings (SSSR count). The summed E-state index contributed by atoms with van der Waals surface area (Å²) in [5.74, 6) is 2.33. The van der Waals surface area contributed by atoms with Gasteiger partial charge in [0.25, 0.3) is 5.91 Å². The number of rotatable bonds is 2. The highest BCUT2D eigenvalue weighted by molar-refractivity contribution is 7.99. The molecule has 0 saturated carbocycles. The van der Waals surface area contributed by atoms with Crippen molar-refractivity contribution in [1.29, 1.82) is 0 Å². The van der Waals surface area contributed by atoms with Gasteiger partial charge in [-0.25, -0.2) is 0 Å². The van der Waals surface area contributed by atoms with Crippen molar-refractivity contribution in [1.82, 2.24) is 4.90 Å². The molecule has 98 valence electrons. The summed E-state index contributed by atoms with van der Waals surface area (Å²) in [6.07, 6.45) is 2.46. The Morgan fingerprint density at radius 2 is 2.17 bits per heavy atom. The van der Waals surface area contributed by atoms with E-state index in [1.807, 2.05) is 22.7 Å². The second-order valence-corrected chi connectivity index (χ2v) is 6.95. The fourth-order valence-corrected chi connectivity index (χ4v) is 4.33. The molecule has 1 aromatic rings. The van der Waals surface area contributed by atoms with E-state index in [9.17, 15) is 4.79 Å². The molecular formula is C13H17NO2S2. The number of hydrogen-bond donors (Lipinski definition) is 0. The van der Waals surface area contributed by atoms with Gasteiger partial charge in [-0.05, 0) is 25.0 Å². The van der Waals surface area contributed by atoms with Crippen molar-refractivity contribution in [2.24, 2.45) is 0 Å². The summed E-state index contributed by atoms with van der Waals surface area (Å²) in [5, 5.41) is 0. The zero-order chi connectivity index (χ0) is 12.4. The average molecular weight is 283 g/mol. The van der Waals surface area contributed by atoms with Gasteiger partial charge in [0.1, 0.15) is 0 Å². The fraction of sp³-hybridized carbons (Fsp3) is 0.615. The molecule has 3 heterocycles. The highest BCUT2D eigenvalue weighted by Crippen LogP contribution is 2.33. The maximum Gasteiger partial charge on any atom is 0.263 e. The van der Waals surface area contributed by atoms with Gasteiger partial charge in [-0.3, -0.25) is 4.79 Å². The van der Waals surface area contributed by atoms with E-state index in [1.165, 1.54) is 4.88 Å². The average Bonchev–Trinajstić information content (AvgIpc) is 3.09. The summed E-state index contributed by atoms with van der Waals surface area (Å²) in [4.78, 5) is 16.4. The van der Waals surface area contributed by atoms with E-state index >= 15 is 0 Å². The monoisotopic (exact) mass is 283 g/mol. The number of carbonyl (C=O) groups is 1. The number of amides is 1. The van der Waals surface area contributed by atoms with E-state index < -0.39 is 0 Å². The smallest absolute Gasteiger partial charge is 0.263 e. The molecule has 1 aromatic heterocycles. The van der Waals surface area contributed by atoms with Crippen molar-refractivity contribution in [2.75, 3.05) is 31.2 Å². The van der Waals surface area contributed by atoms with Gasteiger partial charge in [-0.1, -0.05) is 0 Å². The molecule has 0 spiro atoms. The van der Waals surface area contributed by atoms with Crippen LogP contribution in [0.25, 0.3) is 0 Å². The molecule has 18 heavy (non-hydrogen) atoms. The Kier molecular flexibility index (Phi) is 3.91. The lowest BCUT2D eigenvalue weighted by Gasteiger charge is -2.25. The first-order valence-electron chi connectivity index (χ1n) is 6.43. The third-order valence-corrected chi connectivity index (χ3v) is 5.49. The molecule has 0 aromatic carbocycles. The van der Waals surface area contributed by atoms with Gasteiger partial charge in [0.05, 0.1) is 11.0 Å². The van der Waals surface area contributed by atoms with Crippen LogP contribution in [0.15, 0.2) is 12.1 Å². The molecular weight excluding hydrogens is 266 g/mol. The Morgan fingerprint density at radius 3 is 2.89 bits per heavy atom. The molecule has 0 N–H and O–H groups in total. The van der Waals surface area contributed by atoms with Crippen molar-refractivity contribution >= 4 is 29.0 Å². The zero-order valence-electron chi connectivity index (χ0n) is 10.3. The molecule has 1 amide bonds. The predicted octanol–water partition coefficient (Wildman–Crippen LogP) is 2.79. The first kappa shape index (κ1) is 12.5. The molecule has 0 aliphatic carbocycles. The van der Waals surface area contributed by atoms with E-state index in [2.05, 4.69) is 6.07 Å². The van der Waals surface area contributed by atoms with Crippen LogP contribution in [0, 0.1) is 0 Å². The van der Waals surface area contributed by atoms with Crippen LogP contribution in [0.1, 0.15) is 33.5 Å². The van der Waals surface area contributed by atoms with Gasteiger partial charge in [0.2, 0.25) is 0 Å². The van der Waals surface area contributed by atoms with Crippen LogP contribution in [0.3, 0.4) is 0 Å². The van der Waals surface area contributed by atoms with Crippen molar-refractivity contribution in [2.45, 2.75) is 18.9 Å². The van der Waals surface area contributed by atoms with Gasteiger partial charge in [-0.15, -0.1) is 11.3 Å². The summed E-state index contributed by atoms with van der Waals surface area (Å²) in [7, 11) is 0. The maximum absolute atomic E-state index is 12.3. The van der Waals surface area contributed by atoms with Gasteiger partial charge in [0, 0.05) is 36.1 Å². The third-order valence-electron chi connectivity index (χ3n) is 3.38. The van der Waals surface area contributed by atoms with Gasteiger partial charge in [0.15, 0.2) is 0 Å². The molecule has 1 atom stereocenters. The first-order valence-corrected chi connectivity index (χ1v) is 8.40. The Labute approximate surface area is 116 Å². The summed E-state index contributed by atoms with van der Waals surface area (Å²) < 4.78 is 5.66. The van der Waals surface area contributed by atoms with Crippen LogP contribution in [-0.4, -0.2) is 42.0 Å². The van der Waals surface area contributed by atoms with E-state index in [0.29, 0.717) is 0 Å². The standard InChI is InChI=1S/C13H17NO2S2/c15-13(14-5-8-17-9-6-14)12-4-3-11(18-12)10-2-1-7-16-10/h3-4,10H,1-2,5-9H2. The molecule has 2 aliphatic heterocycles. The van der Waals surface area contributed by atoms with Gasteiger partial charge >= 0.3 is 0 Å². The van der Waals surface area contributed by atoms with Crippen LogP contribution in [0.4, 0.5) is 0 Å². The number of hydrogen-bond acceptors (Lipinski definition) is 4. The molecule has 2 saturated heterocycles. The molecule has 2 fully saturated rings. The summed E-state index contributed by atoms with van der Waals surface area (Å²) >= 11 is 3.54. The molecule has 1 unspecified atom stereocenters. The number of thiophene rings is 1. The highest BCUT2D eigenvalue weighted by atomic mass is 32.2. The van der Waals surface area contributed by atoms with Gasteiger partial charge in [-0.2, -0.15) is 11.8 Å². The number of carbonyl (C=O) groups excluding carboxylic acids is 1. The molecule has 0 radical (unpaired) electrons. The summed E-state index contributed by atoms with van der Waals surface area (Å²) in [5.41, 5.74) is 0. The van der Waals surface area contributed by atoms with Crippen LogP contribution >= 0.6 is 23.1 Å². The molecule has 2 aliphatic rings. The highest BCUT2D eigenvalue weighted by Gasteiger charge is 2.23. The van der Waals surface area contributed by atoms with Crippen LogP contribution in [0.5, 0.6) is 0 Å². The number of ether oxygens (including phenoxy) is 1. The Balaban J connectivity index is 1.69. The maximum atomic E-state index is 12.3. The minimum Gasteiger partial charge on any atom is -0.373 e. The van der Waals surface area contributed by atoms with Crippen molar-refractivity contribution in [3.05, 3.63) is 21.9 Å². The van der Waals surface area contributed by atoms with E-state index in [0.717, 1.165) is 48.9 Å². The zero-order valence-corrected chi connectivity index (χ0v) is 11.9. The van der Waals surface area contributed by atoms with E-state index in [4.69, 9.17) is 4.74 Å². The lowest BCUT2D eigenvalue weighted by Crippen LogP contribution is -2.37. The largest absolute Gasteiger partial charge is 0.373 e. The number of nitrogens with zero attached hydrogens (tertiary/aromatic N) is 1. The van der Waals surface area contributed by atoms with Crippen molar-refractivity contribution in [3.8, 4) is 0 Å². The topological polar surface area (TPSA) is 29.5 Å². The Morgan fingerprint density at radius 1 is 1.33 bits per heavy atom. The van der Waals surface area contributed by atoms with Crippen LogP contribution in [-0.2, 0) is 4.74 Å². The lowest BCUT2D eigenvalue weighted by molar-refractivity contribution is 0.0777. The molecule has 3 nitrogen and oxygen atoms in total. The minimum atomic E-state index is 0.199. The predicted molar refractivity (Wildman–Crippen MR) is 75.5 cm³/mol. The molecule has 5 heteroatoms. The lowest BCUT2D eigenvalue weighted by atomic mass is 10.2. The molecule has 0 bridgehead atoms. The van der Waals surface area contributed by atoms with Gasteiger partial charge < -0.3 is 9.64 Å². The van der Waals surface area contributed by atoms with Crippen LogP contribution in [0.2, 0.25) is 0 Å². The number of thioether (sulfide) groups is 1. The van der Waals surface area contributed by atoms with Crippen LogP contribution < -0.4 is 0 Å². The SMILES string of the molecule is O=C(c1ccc(C2CCCO2)s1)N1CCSCC1. The van der Waals surface area contributed by atoms with Crippen molar-refractivity contribution < 1.29 is 9.53 Å².